The molecule has 0 radical (unpaired) electrons. The smallest absolute Gasteiger partial charge is 0.248 e. The van der Waals surface area contributed by atoms with Gasteiger partial charge in [0.2, 0.25) is 18.2 Å². The van der Waals surface area contributed by atoms with E-state index in [1.54, 1.807) is 24.3 Å². The van der Waals surface area contributed by atoms with Crippen LogP contribution < -0.4 is 5.30 Å². The molecule has 0 spiro atoms. The Balaban J connectivity index is 2.43. The zero-order chi connectivity index (χ0) is 27.8. The Morgan fingerprint density at radius 2 is 1.11 bits per heavy atom. The number of aryl methyl sites for hydroxylation is 2. The second kappa shape index (κ2) is 10.9. The summed E-state index contributed by atoms with van der Waals surface area (Å²) < 4.78 is 15.2. The quantitative estimate of drug-likeness (QED) is 0.281. The molecule has 3 nitrogen and oxygen atoms in total. The molecule has 0 aliphatic heterocycles. The summed E-state index contributed by atoms with van der Waals surface area (Å²) >= 11 is 0. The van der Waals surface area contributed by atoms with Crippen molar-refractivity contribution in [2.75, 3.05) is 0 Å². The number of hydrogen-bond donors (Lipinski definition) is 0. The van der Waals surface area contributed by atoms with E-state index in [1.165, 1.54) is 0 Å². The SMILES string of the molecule is Cc1cc(C)c(C(=O)P(=O)(C(=O)c2c(C(C)C)cc(C(C)C)cc2C(C)C)c2ccccc2)c(C)c1C. The molecule has 0 heterocycles. The lowest BCUT2D eigenvalue weighted by molar-refractivity contribution is 0.103. The Morgan fingerprint density at radius 1 is 0.622 bits per heavy atom. The van der Waals surface area contributed by atoms with Gasteiger partial charge in [-0.1, -0.05) is 90.1 Å². The summed E-state index contributed by atoms with van der Waals surface area (Å²) in [5.41, 5.74) is 6.18. The topological polar surface area (TPSA) is 51.2 Å². The fourth-order valence-electron chi connectivity index (χ4n) is 5.10. The third-order valence-corrected chi connectivity index (χ3v) is 10.2. The Bertz CT molecular complexity index is 1370. The van der Waals surface area contributed by atoms with Crippen molar-refractivity contribution in [2.24, 2.45) is 0 Å². The van der Waals surface area contributed by atoms with E-state index in [1.807, 2.05) is 67.5 Å². The molecular formula is C33H41O3P. The first-order chi connectivity index (χ1) is 17.2. The predicted molar refractivity (Wildman–Crippen MR) is 156 cm³/mol. The molecule has 0 amide bonds. The molecule has 37 heavy (non-hydrogen) atoms. The Labute approximate surface area is 223 Å². The van der Waals surface area contributed by atoms with Crippen molar-refractivity contribution in [3.8, 4) is 0 Å². The molecule has 0 N–H and O–H groups in total. The van der Waals surface area contributed by atoms with Gasteiger partial charge in [-0.15, -0.1) is 0 Å². The molecule has 0 bridgehead atoms. The van der Waals surface area contributed by atoms with Crippen LogP contribution in [0.3, 0.4) is 0 Å². The van der Waals surface area contributed by atoms with Gasteiger partial charge >= 0.3 is 0 Å². The van der Waals surface area contributed by atoms with Crippen molar-refractivity contribution < 1.29 is 14.2 Å². The zero-order valence-electron chi connectivity index (χ0n) is 24.0. The van der Waals surface area contributed by atoms with Crippen LogP contribution in [0, 0.1) is 27.7 Å². The van der Waals surface area contributed by atoms with Crippen LogP contribution >= 0.6 is 7.14 Å². The highest BCUT2D eigenvalue weighted by molar-refractivity contribution is 8.01. The summed E-state index contributed by atoms with van der Waals surface area (Å²) in [6, 6.07) is 14.7. The number of benzene rings is 3. The van der Waals surface area contributed by atoms with Gasteiger partial charge < -0.3 is 4.57 Å². The van der Waals surface area contributed by atoms with Crippen LogP contribution in [0.1, 0.15) is 119 Å². The average Bonchev–Trinajstić information content (AvgIpc) is 2.85. The van der Waals surface area contributed by atoms with Crippen LogP contribution in [-0.2, 0) is 4.57 Å². The molecule has 0 aliphatic rings. The van der Waals surface area contributed by atoms with Gasteiger partial charge in [0, 0.05) is 16.4 Å². The fraction of sp³-hybridized carbons (Fsp3) is 0.394. The third kappa shape index (κ3) is 5.16. The number of carbonyl (C=O) groups is 2. The molecule has 3 aromatic carbocycles. The molecule has 3 aromatic rings. The minimum atomic E-state index is -4.24. The standard InChI is InChI=1S/C33H41O3P/c1-19(2)26-17-28(20(3)4)31(29(18-26)21(5)6)33(35)37(36,27-14-12-11-13-15-27)32(34)30-23(8)16-22(7)24(9)25(30)10/h11-21H,1-10H3. The lowest BCUT2D eigenvalue weighted by Gasteiger charge is -2.26. The van der Waals surface area contributed by atoms with Gasteiger partial charge in [0.05, 0.1) is 0 Å². The predicted octanol–water partition coefficient (Wildman–Crippen LogP) is 8.96. The maximum absolute atomic E-state index is 15.2. The van der Waals surface area contributed by atoms with Crippen molar-refractivity contribution >= 4 is 23.5 Å². The monoisotopic (exact) mass is 516 g/mol. The van der Waals surface area contributed by atoms with Crippen LogP contribution in [0.2, 0.25) is 0 Å². The molecule has 0 saturated heterocycles. The van der Waals surface area contributed by atoms with Crippen LogP contribution in [-0.4, -0.2) is 11.0 Å². The number of hydrogen-bond acceptors (Lipinski definition) is 3. The van der Waals surface area contributed by atoms with Gasteiger partial charge in [-0.2, -0.15) is 0 Å². The van der Waals surface area contributed by atoms with Crippen molar-refractivity contribution in [1.82, 2.24) is 0 Å². The summed E-state index contributed by atoms with van der Waals surface area (Å²) in [6.07, 6.45) is 0. The molecule has 1 unspecified atom stereocenters. The molecule has 3 rings (SSSR count). The van der Waals surface area contributed by atoms with Gasteiger partial charge in [-0.05, 0) is 84.4 Å². The highest BCUT2D eigenvalue weighted by Crippen LogP contribution is 2.54. The summed E-state index contributed by atoms with van der Waals surface area (Å²) in [6.45, 7) is 20.2. The fourth-order valence-corrected chi connectivity index (χ4v) is 7.57. The minimum Gasteiger partial charge on any atom is -0.302 e. The first-order valence-electron chi connectivity index (χ1n) is 13.2. The second-order valence-corrected chi connectivity index (χ2v) is 13.8. The van der Waals surface area contributed by atoms with Crippen molar-refractivity contribution in [3.63, 3.8) is 0 Å². The molecule has 1 atom stereocenters. The van der Waals surface area contributed by atoms with Crippen LogP contribution in [0.5, 0.6) is 0 Å². The molecule has 196 valence electrons. The highest BCUT2D eigenvalue weighted by Gasteiger charge is 2.45. The lowest BCUT2D eigenvalue weighted by atomic mass is 9.85. The van der Waals surface area contributed by atoms with E-state index in [9.17, 15) is 9.59 Å². The molecule has 0 fully saturated rings. The van der Waals surface area contributed by atoms with Crippen LogP contribution in [0.15, 0.2) is 48.5 Å². The number of carbonyl (C=O) groups excluding carboxylic acids is 2. The third-order valence-electron chi connectivity index (χ3n) is 7.61. The normalized spacial score (nSPS) is 13.3. The van der Waals surface area contributed by atoms with Crippen LogP contribution in [0.25, 0.3) is 0 Å². The van der Waals surface area contributed by atoms with E-state index >= 15 is 4.57 Å². The summed E-state index contributed by atoms with van der Waals surface area (Å²) in [4.78, 5) is 29.1. The van der Waals surface area contributed by atoms with E-state index in [0.29, 0.717) is 16.4 Å². The Morgan fingerprint density at radius 3 is 1.57 bits per heavy atom. The molecular weight excluding hydrogens is 475 g/mol. The van der Waals surface area contributed by atoms with Crippen molar-refractivity contribution in [2.45, 2.75) is 87.0 Å². The van der Waals surface area contributed by atoms with Gasteiger partial charge in [-0.25, -0.2) is 0 Å². The van der Waals surface area contributed by atoms with Gasteiger partial charge in [-0.3, -0.25) is 9.59 Å². The number of rotatable bonds is 8. The first-order valence-corrected chi connectivity index (χ1v) is 14.9. The highest BCUT2D eigenvalue weighted by atomic mass is 31.2. The van der Waals surface area contributed by atoms with Crippen molar-refractivity contribution in [1.29, 1.82) is 0 Å². The maximum atomic E-state index is 15.2. The second-order valence-electron chi connectivity index (χ2n) is 11.2. The van der Waals surface area contributed by atoms with Gasteiger partial charge in [0.1, 0.15) is 0 Å². The summed E-state index contributed by atoms with van der Waals surface area (Å²) in [7, 11) is -4.24. The zero-order valence-corrected chi connectivity index (χ0v) is 24.9. The molecule has 0 aliphatic carbocycles. The van der Waals surface area contributed by atoms with E-state index in [2.05, 4.69) is 26.0 Å². The van der Waals surface area contributed by atoms with E-state index in [0.717, 1.165) is 38.9 Å². The van der Waals surface area contributed by atoms with E-state index < -0.39 is 18.2 Å². The maximum Gasteiger partial charge on any atom is 0.248 e. The lowest BCUT2D eigenvalue weighted by Crippen LogP contribution is -2.24. The van der Waals surface area contributed by atoms with Gasteiger partial charge in [0.25, 0.3) is 0 Å². The van der Waals surface area contributed by atoms with E-state index in [-0.39, 0.29) is 17.8 Å². The Hall–Kier alpha value is -2.77. The summed E-state index contributed by atoms with van der Waals surface area (Å²) in [5.74, 6) is 0.335. The first kappa shape index (κ1) is 28.8. The molecule has 4 heteroatoms. The molecule has 0 aromatic heterocycles. The molecule has 0 saturated carbocycles. The average molecular weight is 517 g/mol. The largest absolute Gasteiger partial charge is 0.302 e. The Kier molecular flexibility index (Phi) is 8.50. The van der Waals surface area contributed by atoms with Crippen molar-refractivity contribution in [3.05, 3.63) is 98.6 Å². The summed E-state index contributed by atoms with van der Waals surface area (Å²) in [5, 5.41) is 0.291. The minimum absolute atomic E-state index is 0.0274. The van der Waals surface area contributed by atoms with E-state index in [4.69, 9.17) is 0 Å². The van der Waals surface area contributed by atoms with Crippen LogP contribution in [0.4, 0.5) is 0 Å². The van der Waals surface area contributed by atoms with Gasteiger partial charge in [0.15, 0.2) is 0 Å².